The van der Waals surface area contributed by atoms with Crippen LogP contribution in [0, 0.1) is 29.1 Å². The van der Waals surface area contributed by atoms with Crippen LogP contribution in [0.2, 0.25) is 0 Å². The van der Waals surface area contributed by atoms with Crippen LogP contribution in [0.25, 0.3) is 0 Å². The average molecular weight is 436 g/mol. The summed E-state index contributed by atoms with van der Waals surface area (Å²) in [5, 5.41) is 9.01. The largest absolute Gasteiger partial charge is 0.417 e. The normalized spacial score (nSPS) is 22.4. The summed E-state index contributed by atoms with van der Waals surface area (Å²) in [6.45, 7) is 3.88. The van der Waals surface area contributed by atoms with Crippen LogP contribution in [0.5, 0.6) is 0 Å². The van der Waals surface area contributed by atoms with Gasteiger partial charge in [-0.25, -0.2) is 0 Å². The first kappa shape index (κ1) is 22.9. The summed E-state index contributed by atoms with van der Waals surface area (Å²) in [5.41, 5.74) is 4.57. The van der Waals surface area contributed by atoms with Crippen LogP contribution in [-0.4, -0.2) is 42.9 Å². The number of carbonyl (C=O) groups is 2. The van der Waals surface area contributed by atoms with Crippen LogP contribution in [0.15, 0.2) is 18.2 Å². The Hall–Kier alpha value is -2.76. The number of nitrogens with zero attached hydrogens (tertiary/aromatic N) is 3. The smallest absolute Gasteiger partial charge is 0.370 e. The van der Waals surface area contributed by atoms with E-state index in [2.05, 4.69) is 0 Å². The quantitative estimate of drug-likeness (QED) is 0.768. The monoisotopic (exact) mass is 436 g/mol. The second kappa shape index (κ2) is 9.16. The van der Waals surface area contributed by atoms with Crippen LogP contribution in [-0.2, 0) is 15.8 Å². The number of rotatable bonds is 5. The number of amides is 2. The van der Waals surface area contributed by atoms with Crippen LogP contribution in [0.4, 0.5) is 18.9 Å². The van der Waals surface area contributed by atoms with E-state index in [0.717, 1.165) is 25.3 Å². The van der Waals surface area contributed by atoms with Crippen molar-refractivity contribution in [3.8, 4) is 6.07 Å². The van der Waals surface area contributed by atoms with Crippen molar-refractivity contribution in [1.29, 1.82) is 5.26 Å². The molecule has 2 N–H and O–H groups in total. The van der Waals surface area contributed by atoms with Crippen LogP contribution < -0.4 is 10.6 Å². The first-order valence-electron chi connectivity index (χ1n) is 10.6. The number of benzene rings is 1. The van der Waals surface area contributed by atoms with Crippen molar-refractivity contribution in [3.05, 3.63) is 29.3 Å². The maximum absolute atomic E-state index is 13.4. The minimum absolute atomic E-state index is 0.0779. The highest BCUT2D eigenvalue weighted by Gasteiger charge is 2.43. The number of carbonyl (C=O) groups excluding carboxylic acids is 2. The molecule has 0 radical (unpaired) electrons. The Kier molecular flexibility index (Phi) is 6.77. The van der Waals surface area contributed by atoms with E-state index in [1.165, 1.54) is 12.1 Å². The van der Waals surface area contributed by atoms with Gasteiger partial charge in [0.1, 0.15) is 0 Å². The minimum atomic E-state index is -4.64. The molecule has 168 valence electrons. The molecule has 0 aliphatic carbocycles. The molecular weight excluding hydrogens is 409 g/mol. The van der Waals surface area contributed by atoms with Crippen molar-refractivity contribution >= 4 is 17.5 Å². The molecule has 0 spiro atoms. The fraction of sp³-hybridized carbons (Fsp3) is 0.591. The third kappa shape index (κ3) is 4.94. The third-order valence-electron chi connectivity index (χ3n) is 6.49. The second-order valence-corrected chi connectivity index (χ2v) is 8.39. The lowest BCUT2D eigenvalue weighted by Gasteiger charge is -2.36. The number of piperidine rings is 1. The molecular formula is C22H27F3N4O2. The molecule has 3 rings (SSSR count). The Morgan fingerprint density at radius 3 is 2.45 bits per heavy atom. The molecule has 2 aliphatic heterocycles. The number of likely N-dealkylation sites (tertiary alicyclic amines) is 1. The fourth-order valence-electron chi connectivity index (χ4n) is 4.83. The predicted octanol–water partition coefficient (Wildman–Crippen LogP) is 3.15. The first-order chi connectivity index (χ1) is 14.7. The summed E-state index contributed by atoms with van der Waals surface area (Å²) >= 11 is 0. The molecule has 9 heteroatoms. The van der Waals surface area contributed by atoms with Gasteiger partial charge in [-0.1, -0.05) is 6.92 Å². The van der Waals surface area contributed by atoms with E-state index < -0.39 is 29.1 Å². The van der Waals surface area contributed by atoms with Gasteiger partial charge in [0, 0.05) is 38.3 Å². The summed E-state index contributed by atoms with van der Waals surface area (Å²) in [6.07, 6.45) is -1.82. The lowest BCUT2D eigenvalue weighted by molar-refractivity contribution is -0.137. The molecule has 2 fully saturated rings. The molecule has 2 saturated heterocycles. The fourth-order valence-corrected chi connectivity index (χ4v) is 4.83. The molecule has 2 aliphatic rings. The molecule has 1 aromatic rings. The molecule has 2 atom stereocenters. The van der Waals surface area contributed by atoms with E-state index in [-0.39, 0.29) is 24.3 Å². The van der Waals surface area contributed by atoms with Gasteiger partial charge in [-0.3, -0.25) is 9.59 Å². The number of nitrogens with two attached hydrogens (primary N) is 1. The number of hydrogen-bond donors (Lipinski definition) is 1. The number of halogens is 3. The molecule has 0 bridgehead atoms. The van der Waals surface area contributed by atoms with Gasteiger partial charge in [0.05, 0.1) is 23.1 Å². The van der Waals surface area contributed by atoms with E-state index >= 15 is 0 Å². The van der Waals surface area contributed by atoms with E-state index in [4.69, 9.17) is 11.0 Å². The summed E-state index contributed by atoms with van der Waals surface area (Å²) in [4.78, 5) is 27.9. The maximum atomic E-state index is 13.4. The number of alkyl halides is 3. The van der Waals surface area contributed by atoms with Gasteiger partial charge in [-0.05, 0) is 49.3 Å². The number of nitriles is 1. The van der Waals surface area contributed by atoms with Crippen LogP contribution in [0.1, 0.15) is 43.7 Å². The Morgan fingerprint density at radius 2 is 1.90 bits per heavy atom. The highest BCUT2D eigenvalue weighted by molar-refractivity contribution is 5.79. The number of hydrogen-bond acceptors (Lipinski definition) is 4. The molecule has 31 heavy (non-hydrogen) atoms. The SMILES string of the molecule is CCCC(=O)N1CCC([C@@H]2CN(c3ccc(C#N)c(C(F)(F)F)c3)C[C@H]2C(N)=O)CC1. The highest BCUT2D eigenvalue weighted by atomic mass is 19.4. The third-order valence-corrected chi connectivity index (χ3v) is 6.49. The van der Waals surface area contributed by atoms with Gasteiger partial charge >= 0.3 is 6.18 Å². The maximum Gasteiger partial charge on any atom is 0.417 e. The molecule has 0 saturated carbocycles. The Morgan fingerprint density at radius 1 is 1.23 bits per heavy atom. The Bertz CT molecular complexity index is 872. The van der Waals surface area contributed by atoms with Gasteiger partial charge in [0.2, 0.25) is 11.8 Å². The van der Waals surface area contributed by atoms with Crippen molar-refractivity contribution in [1.82, 2.24) is 4.90 Å². The van der Waals surface area contributed by atoms with E-state index in [1.807, 2.05) is 11.8 Å². The Labute approximate surface area is 179 Å². The summed E-state index contributed by atoms with van der Waals surface area (Å²) in [7, 11) is 0. The van der Waals surface area contributed by atoms with Crippen LogP contribution >= 0.6 is 0 Å². The Balaban J connectivity index is 1.76. The highest BCUT2D eigenvalue weighted by Crippen LogP contribution is 2.40. The minimum Gasteiger partial charge on any atom is -0.370 e. The molecule has 2 amide bonds. The van der Waals surface area contributed by atoms with Crippen molar-refractivity contribution < 1.29 is 22.8 Å². The van der Waals surface area contributed by atoms with Crippen LogP contribution in [0.3, 0.4) is 0 Å². The van der Waals surface area contributed by atoms with Crippen molar-refractivity contribution in [2.45, 2.75) is 38.8 Å². The topological polar surface area (TPSA) is 90.4 Å². The van der Waals surface area contributed by atoms with Crippen molar-refractivity contribution in [3.63, 3.8) is 0 Å². The van der Waals surface area contributed by atoms with Crippen molar-refractivity contribution in [2.24, 2.45) is 23.5 Å². The molecule has 2 heterocycles. The van der Waals surface area contributed by atoms with Gasteiger partial charge in [-0.15, -0.1) is 0 Å². The zero-order valence-corrected chi connectivity index (χ0v) is 17.5. The molecule has 6 nitrogen and oxygen atoms in total. The van der Waals surface area contributed by atoms with Gasteiger partial charge < -0.3 is 15.5 Å². The van der Waals surface area contributed by atoms with Crippen molar-refractivity contribution in [2.75, 3.05) is 31.1 Å². The van der Waals surface area contributed by atoms with E-state index in [1.54, 1.807) is 11.0 Å². The van der Waals surface area contributed by atoms with Gasteiger partial charge in [0.25, 0.3) is 0 Å². The number of primary amides is 1. The first-order valence-corrected chi connectivity index (χ1v) is 10.6. The lowest BCUT2D eigenvalue weighted by Crippen LogP contribution is -2.42. The van der Waals surface area contributed by atoms with Gasteiger partial charge in [-0.2, -0.15) is 18.4 Å². The van der Waals surface area contributed by atoms with Gasteiger partial charge in [0.15, 0.2) is 0 Å². The summed E-state index contributed by atoms with van der Waals surface area (Å²) < 4.78 is 40.1. The van der Waals surface area contributed by atoms with E-state index in [9.17, 15) is 22.8 Å². The zero-order chi connectivity index (χ0) is 22.8. The lowest BCUT2D eigenvalue weighted by atomic mass is 9.78. The number of anilines is 1. The average Bonchev–Trinajstić information content (AvgIpc) is 3.19. The standard InChI is InChI=1S/C22H27F3N4O2/c1-2-3-20(30)28-8-6-14(7-9-28)17-12-29(13-18(17)21(27)31)16-5-4-15(11-26)19(10-16)22(23,24)25/h4-5,10,14,17-18H,2-3,6-9,12-13H2,1H3,(H2,27,31)/t17-,18+/m0/s1. The summed E-state index contributed by atoms with van der Waals surface area (Å²) in [5.74, 6) is -0.688. The molecule has 0 unspecified atom stereocenters. The van der Waals surface area contributed by atoms with E-state index in [0.29, 0.717) is 31.7 Å². The summed E-state index contributed by atoms with van der Waals surface area (Å²) in [6, 6.07) is 5.22. The zero-order valence-electron chi connectivity index (χ0n) is 17.5. The second-order valence-electron chi connectivity index (χ2n) is 8.39. The predicted molar refractivity (Wildman–Crippen MR) is 109 cm³/mol. The molecule has 0 aromatic heterocycles. The molecule has 1 aromatic carbocycles.